The monoisotopic (exact) mass is 470 g/mol. The summed E-state index contributed by atoms with van der Waals surface area (Å²) in [5.74, 6) is -0.164. The number of carbonyl (C=O) groups excluding carboxylic acids is 1. The average Bonchev–Trinajstić information content (AvgIpc) is 2.96. The van der Waals surface area contributed by atoms with Crippen molar-refractivity contribution in [3.63, 3.8) is 0 Å². The minimum atomic E-state index is -3.74. The van der Waals surface area contributed by atoms with Gasteiger partial charge in [-0.1, -0.05) is 48.9 Å². The molecule has 1 aliphatic rings. The first-order valence-electron chi connectivity index (χ1n) is 9.77. The van der Waals surface area contributed by atoms with Gasteiger partial charge < -0.3 is 10.1 Å². The first-order valence-corrected chi connectivity index (χ1v) is 12.0. The molecule has 0 saturated heterocycles. The smallest absolute Gasteiger partial charge is 0.257 e. The van der Waals surface area contributed by atoms with Crippen molar-refractivity contribution in [3.05, 3.63) is 52.0 Å². The topological polar surface area (TPSA) is 84.5 Å². The Morgan fingerprint density at radius 3 is 2.37 bits per heavy atom. The highest BCUT2D eigenvalue weighted by Gasteiger charge is 2.23. The molecule has 2 N–H and O–H groups in total. The van der Waals surface area contributed by atoms with Gasteiger partial charge in [-0.25, -0.2) is 13.1 Å². The summed E-state index contributed by atoms with van der Waals surface area (Å²) in [5, 5.41) is 3.28. The van der Waals surface area contributed by atoms with Gasteiger partial charge in [-0.15, -0.1) is 0 Å². The molecule has 1 aliphatic carbocycles. The molecule has 1 saturated carbocycles. The maximum Gasteiger partial charge on any atom is 0.257 e. The Labute approximate surface area is 187 Å². The van der Waals surface area contributed by atoms with Crippen LogP contribution in [0, 0.1) is 0 Å². The summed E-state index contributed by atoms with van der Waals surface area (Å²) in [4.78, 5) is 12.7. The van der Waals surface area contributed by atoms with Crippen LogP contribution in [0.3, 0.4) is 0 Å². The number of nitrogens with one attached hydrogen (secondary N) is 2. The predicted octanol–water partition coefficient (Wildman–Crippen LogP) is 5.26. The van der Waals surface area contributed by atoms with E-state index in [0.29, 0.717) is 10.8 Å². The number of anilines is 1. The summed E-state index contributed by atoms with van der Waals surface area (Å²) in [6, 6.07) is 8.80. The molecule has 0 radical (unpaired) electrons. The normalized spacial score (nSPS) is 15.4. The van der Waals surface area contributed by atoms with Gasteiger partial charge in [-0.3, -0.25) is 4.79 Å². The van der Waals surface area contributed by atoms with E-state index in [-0.39, 0.29) is 27.2 Å². The molecule has 0 aliphatic heterocycles. The van der Waals surface area contributed by atoms with Gasteiger partial charge in [0.05, 0.1) is 28.3 Å². The highest BCUT2D eigenvalue weighted by Crippen LogP contribution is 2.30. The van der Waals surface area contributed by atoms with E-state index in [0.717, 1.165) is 38.5 Å². The van der Waals surface area contributed by atoms with E-state index in [4.69, 9.17) is 27.9 Å². The number of benzene rings is 2. The van der Waals surface area contributed by atoms with Gasteiger partial charge in [0, 0.05) is 11.1 Å². The lowest BCUT2D eigenvalue weighted by atomic mass is 10.1. The maximum absolute atomic E-state index is 12.9. The minimum absolute atomic E-state index is 0.0602. The third kappa shape index (κ3) is 5.66. The Balaban J connectivity index is 1.84. The molecule has 30 heavy (non-hydrogen) atoms. The van der Waals surface area contributed by atoms with Crippen molar-refractivity contribution >= 4 is 44.8 Å². The van der Waals surface area contributed by atoms with Crippen molar-refractivity contribution in [3.8, 4) is 5.75 Å². The summed E-state index contributed by atoms with van der Waals surface area (Å²) >= 11 is 12.0. The summed E-state index contributed by atoms with van der Waals surface area (Å²) in [7, 11) is -2.30. The quantitative estimate of drug-likeness (QED) is 0.564. The van der Waals surface area contributed by atoms with Crippen LogP contribution in [0.15, 0.2) is 41.3 Å². The van der Waals surface area contributed by atoms with E-state index >= 15 is 0 Å². The summed E-state index contributed by atoms with van der Waals surface area (Å²) < 4.78 is 33.9. The second kappa shape index (κ2) is 10.0. The third-order valence-electron chi connectivity index (χ3n) is 5.08. The van der Waals surface area contributed by atoms with Gasteiger partial charge in [0.2, 0.25) is 10.0 Å². The summed E-state index contributed by atoms with van der Waals surface area (Å²) in [6.45, 7) is 0. The van der Waals surface area contributed by atoms with Crippen molar-refractivity contribution in [2.45, 2.75) is 49.5 Å². The van der Waals surface area contributed by atoms with E-state index in [1.54, 1.807) is 6.07 Å². The largest absolute Gasteiger partial charge is 0.495 e. The number of amides is 1. The average molecular weight is 471 g/mol. The molecule has 0 atom stereocenters. The fourth-order valence-corrected chi connectivity index (χ4v) is 5.33. The summed E-state index contributed by atoms with van der Waals surface area (Å²) in [6.07, 6.45) is 5.94. The molecule has 162 valence electrons. The van der Waals surface area contributed by atoms with Crippen LogP contribution in [-0.4, -0.2) is 27.5 Å². The van der Waals surface area contributed by atoms with Crippen LogP contribution in [-0.2, 0) is 10.0 Å². The van der Waals surface area contributed by atoms with Crippen LogP contribution in [0.2, 0.25) is 10.0 Å². The van der Waals surface area contributed by atoms with Gasteiger partial charge in [0.15, 0.2) is 0 Å². The van der Waals surface area contributed by atoms with Crippen LogP contribution in [0.5, 0.6) is 5.75 Å². The van der Waals surface area contributed by atoms with Crippen molar-refractivity contribution in [2.75, 3.05) is 12.4 Å². The predicted molar refractivity (Wildman–Crippen MR) is 119 cm³/mol. The number of methoxy groups -OCH3 is 1. The number of ether oxygens (including phenoxy) is 1. The van der Waals surface area contributed by atoms with Crippen LogP contribution < -0.4 is 14.8 Å². The van der Waals surface area contributed by atoms with Crippen LogP contribution in [0.1, 0.15) is 48.9 Å². The standard InChI is InChI=1S/C21H24Cl2N2O4S/c1-29-20-11-9-16(30(27,28)25-15-6-4-2-3-5-7-15)13-19(20)24-21(26)17-10-8-14(22)12-18(17)23/h8-13,15,25H,2-7H2,1H3,(H,24,26). The first kappa shape index (κ1) is 22.9. The van der Waals surface area contributed by atoms with Crippen molar-refractivity contribution in [2.24, 2.45) is 0 Å². The molecule has 9 heteroatoms. The molecule has 0 unspecified atom stereocenters. The molecule has 1 fully saturated rings. The van der Waals surface area contributed by atoms with Crippen LogP contribution in [0.25, 0.3) is 0 Å². The number of hydrogen-bond donors (Lipinski definition) is 2. The molecule has 0 heterocycles. The van der Waals surface area contributed by atoms with Gasteiger partial charge in [0.1, 0.15) is 5.75 Å². The Morgan fingerprint density at radius 1 is 1.03 bits per heavy atom. The van der Waals surface area contributed by atoms with E-state index in [2.05, 4.69) is 10.0 Å². The maximum atomic E-state index is 12.9. The Morgan fingerprint density at radius 2 is 1.73 bits per heavy atom. The van der Waals surface area contributed by atoms with Crippen LogP contribution in [0.4, 0.5) is 5.69 Å². The third-order valence-corrected chi connectivity index (χ3v) is 7.15. The number of carbonyl (C=O) groups is 1. The lowest BCUT2D eigenvalue weighted by Crippen LogP contribution is -2.34. The van der Waals surface area contributed by atoms with Gasteiger partial charge in [0.25, 0.3) is 5.91 Å². The first-order chi connectivity index (χ1) is 14.3. The Hall–Kier alpha value is -1.80. The van der Waals surface area contributed by atoms with Gasteiger partial charge >= 0.3 is 0 Å². The highest BCUT2D eigenvalue weighted by atomic mass is 35.5. The second-order valence-corrected chi connectivity index (χ2v) is 9.81. The molecule has 0 spiro atoms. The molecular formula is C21H24Cl2N2O4S. The van der Waals surface area contributed by atoms with Crippen LogP contribution >= 0.6 is 23.2 Å². The zero-order valence-electron chi connectivity index (χ0n) is 16.6. The molecule has 1 amide bonds. The molecule has 0 aromatic heterocycles. The Kier molecular flexibility index (Phi) is 7.63. The van der Waals surface area contributed by atoms with E-state index < -0.39 is 15.9 Å². The molecular weight excluding hydrogens is 447 g/mol. The number of hydrogen-bond acceptors (Lipinski definition) is 4. The zero-order valence-corrected chi connectivity index (χ0v) is 18.9. The van der Waals surface area contributed by atoms with E-state index in [1.807, 2.05) is 0 Å². The second-order valence-electron chi connectivity index (χ2n) is 7.25. The summed E-state index contributed by atoms with van der Waals surface area (Å²) in [5.41, 5.74) is 0.449. The van der Waals surface area contributed by atoms with Crippen molar-refractivity contribution in [1.29, 1.82) is 0 Å². The zero-order chi connectivity index (χ0) is 21.7. The lowest BCUT2D eigenvalue weighted by molar-refractivity contribution is 0.102. The number of rotatable bonds is 6. The van der Waals surface area contributed by atoms with Crippen molar-refractivity contribution < 1.29 is 17.9 Å². The van der Waals surface area contributed by atoms with E-state index in [1.165, 1.54) is 37.4 Å². The van der Waals surface area contributed by atoms with E-state index in [9.17, 15) is 13.2 Å². The molecule has 6 nitrogen and oxygen atoms in total. The highest BCUT2D eigenvalue weighted by molar-refractivity contribution is 7.89. The molecule has 0 bridgehead atoms. The molecule has 2 aromatic rings. The lowest BCUT2D eigenvalue weighted by Gasteiger charge is -2.18. The Bertz CT molecular complexity index is 1020. The SMILES string of the molecule is COc1ccc(S(=O)(=O)NC2CCCCCC2)cc1NC(=O)c1ccc(Cl)cc1Cl. The molecule has 3 rings (SSSR count). The fraction of sp³-hybridized carbons (Fsp3) is 0.381. The van der Waals surface area contributed by atoms with Crippen molar-refractivity contribution in [1.82, 2.24) is 4.72 Å². The van der Waals surface area contributed by atoms with Gasteiger partial charge in [-0.05, 0) is 49.2 Å². The fourth-order valence-electron chi connectivity index (χ4n) is 3.50. The minimum Gasteiger partial charge on any atom is -0.495 e. The number of sulfonamides is 1. The van der Waals surface area contributed by atoms with Gasteiger partial charge in [-0.2, -0.15) is 0 Å². The number of halogens is 2. The molecule has 2 aromatic carbocycles.